The van der Waals surface area contributed by atoms with E-state index in [1.807, 2.05) is 24.7 Å². The summed E-state index contributed by atoms with van der Waals surface area (Å²) in [6.07, 6.45) is 2.03. The van der Waals surface area contributed by atoms with Crippen molar-refractivity contribution in [2.24, 2.45) is 7.05 Å². The van der Waals surface area contributed by atoms with Crippen molar-refractivity contribution in [1.82, 2.24) is 14.5 Å². The predicted molar refractivity (Wildman–Crippen MR) is 65.0 cm³/mol. The van der Waals surface area contributed by atoms with E-state index in [9.17, 15) is 0 Å². The Labute approximate surface area is 97.7 Å². The lowest BCUT2D eigenvalue weighted by Gasteiger charge is -2.07. The Kier molecular flexibility index (Phi) is 2.54. The van der Waals surface area contributed by atoms with E-state index >= 15 is 0 Å². The molecule has 0 aromatic carbocycles. The first kappa shape index (κ1) is 10.6. The molecule has 15 heavy (non-hydrogen) atoms. The van der Waals surface area contributed by atoms with E-state index in [2.05, 4.69) is 39.7 Å². The number of hydrogen-bond acceptors (Lipinski definition) is 2. The minimum Gasteiger partial charge on any atom is -0.334 e. The molecule has 2 aromatic rings. The smallest absolute Gasteiger partial charge is 0.144 e. The largest absolute Gasteiger partial charge is 0.334 e. The molecule has 0 saturated carbocycles. The molecular formula is C11H14BrN3. The molecule has 80 valence electrons. The van der Waals surface area contributed by atoms with Gasteiger partial charge in [-0.05, 0) is 28.8 Å². The first-order chi connectivity index (χ1) is 7.00. The van der Waals surface area contributed by atoms with Gasteiger partial charge in [-0.1, -0.05) is 13.8 Å². The Morgan fingerprint density at radius 2 is 2.00 bits per heavy atom. The van der Waals surface area contributed by atoms with Crippen LogP contribution < -0.4 is 0 Å². The van der Waals surface area contributed by atoms with Gasteiger partial charge in [0.05, 0.1) is 11.1 Å². The molecule has 0 N–H and O–H groups in total. The molecule has 0 fully saturated rings. The number of rotatable bonds is 1. The van der Waals surface area contributed by atoms with E-state index in [-0.39, 0.29) is 0 Å². The van der Waals surface area contributed by atoms with Crippen LogP contribution in [0.1, 0.15) is 31.3 Å². The quantitative estimate of drug-likeness (QED) is 0.795. The molecule has 0 unspecified atom stereocenters. The second-order valence-corrected chi connectivity index (χ2v) is 4.95. The lowest BCUT2D eigenvalue weighted by atomic mass is 10.1. The van der Waals surface area contributed by atoms with Crippen LogP contribution in [-0.4, -0.2) is 14.5 Å². The maximum Gasteiger partial charge on any atom is 0.144 e. The van der Waals surface area contributed by atoms with Crippen molar-refractivity contribution in [2.45, 2.75) is 26.7 Å². The first-order valence-electron chi connectivity index (χ1n) is 4.99. The molecule has 0 bridgehead atoms. The number of halogens is 1. The molecule has 0 saturated heterocycles. The van der Waals surface area contributed by atoms with E-state index in [1.165, 1.54) is 0 Å². The fraction of sp³-hybridized carbons (Fsp3) is 0.455. The predicted octanol–water partition coefficient (Wildman–Crippen LogP) is 3.16. The molecule has 2 rings (SSSR count). The summed E-state index contributed by atoms with van der Waals surface area (Å²) in [6.45, 7) is 6.24. The monoisotopic (exact) mass is 267 g/mol. The average Bonchev–Trinajstić information content (AvgIpc) is 2.41. The van der Waals surface area contributed by atoms with Gasteiger partial charge in [-0.2, -0.15) is 0 Å². The molecule has 4 heteroatoms. The molecule has 0 aliphatic carbocycles. The topological polar surface area (TPSA) is 30.7 Å². The van der Waals surface area contributed by atoms with Crippen LogP contribution in [0.3, 0.4) is 0 Å². The first-order valence-corrected chi connectivity index (χ1v) is 5.79. The fourth-order valence-electron chi connectivity index (χ4n) is 1.78. The van der Waals surface area contributed by atoms with Crippen molar-refractivity contribution in [1.29, 1.82) is 0 Å². The van der Waals surface area contributed by atoms with Crippen molar-refractivity contribution in [2.75, 3.05) is 0 Å². The van der Waals surface area contributed by atoms with Gasteiger partial charge in [-0.15, -0.1) is 0 Å². The van der Waals surface area contributed by atoms with Crippen molar-refractivity contribution in [3.05, 3.63) is 22.2 Å². The van der Waals surface area contributed by atoms with Gasteiger partial charge in [0.15, 0.2) is 0 Å². The van der Waals surface area contributed by atoms with Crippen LogP contribution in [0.15, 0.2) is 10.7 Å². The second-order valence-electron chi connectivity index (χ2n) is 4.10. The summed E-state index contributed by atoms with van der Waals surface area (Å²) in [6, 6.07) is 0. The number of aromatic nitrogens is 3. The molecule has 0 radical (unpaired) electrons. The average molecular weight is 268 g/mol. The Hall–Kier alpha value is -0.900. The number of aryl methyl sites for hydroxylation is 2. The van der Waals surface area contributed by atoms with Crippen LogP contribution in [0, 0.1) is 6.92 Å². The molecular weight excluding hydrogens is 254 g/mol. The molecule has 0 spiro atoms. The highest BCUT2D eigenvalue weighted by Crippen LogP contribution is 2.30. The summed E-state index contributed by atoms with van der Waals surface area (Å²) in [5.74, 6) is 1.24. The summed E-state index contributed by atoms with van der Waals surface area (Å²) in [5, 5.41) is 1.14. The Morgan fingerprint density at radius 1 is 1.33 bits per heavy atom. The van der Waals surface area contributed by atoms with Crippen molar-refractivity contribution >= 4 is 27.0 Å². The number of fused-ring (bicyclic) bond motifs is 1. The Bertz CT molecular complexity index is 514. The highest BCUT2D eigenvalue weighted by atomic mass is 79.9. The van der Waals surface area contributed by atoms with E-state index in [0.29, 0.717) is 5.92 Å². The van der Waals surface area contributed by atoms with E-state index in [1.54, 1.807) is 0 Å². The minimum atomic E-state index is 0.410. The standard InChI is InChI=1S/C11H14BrN3/c1-6(2)10-9-8(12)5-15(4)11(9)14-7(3)13-10/h5-6H,1-4H3. The summed E-state index contributed by atoms with van der Waals surface area (Å²) in [7, 11) is 2.00. The van der Waals surface area contributed by atoms with Crippen LogP contribution in [0.5, 0.6) is 0 Å². The maximum atomic E-state index is 4.52. The van der Waals surface area contributed by atoms with Crippen molar-refractivity contribution in [3.63, 3.8) is 0 Å². The molecule has 2 heterocycles. The third-order valence-electron chi connectivity index (χ3n) is 2.46. The van der Waals surface area contributed by atoms with E-state index in [0.717, 1.165) is 27.0 Å². The van der Waals surface area contributed by atoms with Crippen LogP contribution >= 0.6 is 15.9 Å². The number of nitrogens with zero attached hydrogens (tertiary/aromatic N) is 3. The van der Waals surface area contributed by atoms with Crippen LogP contribution in [-0.2, 0) is 7.05 Å². The third kappa shape index (κ3) is 1.67. The zero-order valence-corrected chi connectivity index (χ0v) is 11.0. The maximum absolute atomic E-state index is 4.52. The Morgan fingerprint density at radius 3 is 2.60 bits per heavy atom. The van der Waals surface area contributed by atoms with Gasteiger partial charge in [-0.3, -0.25) is 0 Å². The van der Waals surface area contributed by atoms with Gasteiger partial charge in [0.2, 0.25) is 0 Å². The van der Waals surface area contributed by atoms with Gasteiger partial charge in [0, 0.05) is 17.7 Å². The lowest BCUT2D eigenvalue weighted by Crippen LogP contribution is -2.00. The van der Waals surface area contributed by atoms with Gasteiger partial charge in [-0.25, -0.2) is 9.97 Å². The molecule has 2 aromatic heterocycles. The molecule has 0 aliphatic heterocycles. The molecule has 0 amide bonds. The third-order valence-corrected chi connectivity index (χ3v) is 3.06. The molecule has 0 atom stereocenters. The summed E-state index contributed by atoms with van der Waals surface area (Å²) in [4.78, 5) is 8.98. The normalized spacial score (nSPS) is 11.6. The van der Waals surface area contributed by atoms with Gasteiger partial charge >= 0.3 is 0 Å². The highest BCUT2D eigenvalue weighted by molar-refractivity contribution is 9.10. The van der Waals surface area contributed by atoms with Gasteiger partial charge in [0.25, 0.3) is 0 Å². The van der Waals surface area contributed by atoms with Crippen LogP contribution in [0.4, 0.5) is 0 Å². The fourth-order valence-corrected chi connectivity index (χ4v) is 2.46. The molecule has 0 aliphatic rings. The summed E-state index contributed by atoms with van der Waals surface area (Å²) >= 11 is 3.56. The zero-order chi connectivity index (χ0) is 11.2. The lowest BCUT2D eigenvalue weighted by molar-refractivity contribution is 0.813. The summed E-state index contributed by atoms with van der Waals surface area (Å²) in [5.41, 5.74) is 2.11. The van der Waals surface area contributed by atoms with E-state index in [4.69, 9.17) is 0 Å². The molecule has 3 nitrogen and oxygen atoms in total. The number of hydrogen-bond donors (Lipinski definition) is 0. The van der Waals surface area contributed by atoms with Crippen LogP contribution in [0.25, 0.3) is 11.0 Å². The second kappa shape index (κ2) is 3.59. The van der Waals surface area contributed by atoms with Gasteiger partial charge < -0.3 is 4.57 Å². The van der Waals surface area contributed by atoms with Crippen LogP contribution in [0.2, 0.25) is 0 Å². The van der Waals surface area contributed by atoms with E-state index < -0.39 is 0 Å². The minimum absolute atomic E-state index is 0.410. The zero-order valence-electron chi connectivity index (χ0n) is 9.37. The summed E-state index contributed by atoms with van der Waals surface area (Å²) < 4.78 is 3.10. The SMILES string of the molecule is Cc1nc(C(C)C)c2c(Br)cn(C)c2n1. The van der Waals surface area contributed by atoms with Crippen molar-refractivity contribution < 1.29 is 0 Å². The Balaban J connectivity index is 2.89. The van der Waals surface area contributed by atoms with Crippen molar-refractivity contribution in [3.8, 4) is 0 Å². The highest BCUT2D eigenvalue weighted by Gasteiger charge is 2.15. The van der Waals surface area contributed by atoms with Gasteiger partial charge in [0.1, 0.15) is 11.5 Å².